The highest BCUT2D eigenvalue weighted by atomic mass is 16.4. The molecule has 4 rings (SSSR count). The van der Waals surface area contributed by atoms with Gasteiger partial charge < -0.3 is 10.0 Å². The SMILES string of the molecule is CCCN(Cc1cccc2cc(-c3nn[nH]n3)ccc12)c1ncccc1C(=O)O. The van der Waals surface area contributed by atoms with Crippen molar-refractivity contribution >= 4 is 22.6 Å². The normalized spacial score (nSPS) is 10.9. The van der Waals surface area contributed by atoms with E-state index in [0.717, 1.165) is 28.3 Å². The number of benzene rings is 2. The van der Waals surface area contributed by atoms with Gasteiger partial charge in [-0.25, -0.2) is 9.78 Å². The van der Waals surface area contributed by atoms with Gasteiger partial charge in [0.05, 0.1) is 0 Å². The standard InChI is InChI=1S/C21H20N6O2/c1-2-11-27(20-18(21(28)29)7-4-10-22-20)13-16-6-3-5-14-12-15(8-9-17(14)16)19-23-25-26-24-19/h3-10,12H,2,11,13H2,1H3,(H,28,29)(H,23,24,25,26). The average Bonchev–Trinajstić information content (AvgIpc) is 3.28. The zero-order valence-corrected chi connectivity index (χ0v) is 15.9. The molecule has 0 atom stereocenters. The van der Waals surface area contributed by atoms with Crippen LogP contribution in [0.2, 0.25) is 0 Å². The molecule has 0 saturated carbocycles. The summed E-state index contributed by atoms with van der Waals surface area (Å²) in [7, 11) is 0. The topological polar surface area (TPSA) is 108 Å². The van der Waals surface area contributed by atoms with E-state index in [1.54, 1.807) is 18.3 Å². The first-order chi connectivity index (χ1) is 14.2. The molecule has 0 aliphatic carbocycles. The second kappa shape index (κ2) is 8.05. The average molecular weight is 388 g/mol. The van der Waals surface area contributed by atoms with Crippen LogP contribution in [0.4, 0.5) is 5.82 Å². The number of rotatable bonds is 7. The van der Waals surface area contributed by atoms with Crippen LogP contribution in [-0.2, 0) is 6.54 Å². The van der Waals surface area contributed by atoms with E-state index in [4.69, 9.17) is 0 Å². The summed E-state index contributed by atoms with van der Waals surface area (Å²) in [6, 6.07) is 15.4. The largest absolute Gasteiger partial charge is 0.478 e. The fourth-order valence-electron chi connectivity index (χ4n) is 3.46. The lowest BCUT2D eigenvalue weighted by molar-refractivity contribution is 0.0697. The van der Waals surface area contributed by atoms with E-state index in [0.29, 0.717) is 24.7 Å². The third kappa shape index (κ3) is 3.77. The fourth-order valence-corrected chi connectivity index (χ4v) is 3.46. The maximum atomic E-state index is 11.7. The predicted molar refractivity (Wildman–Crippen MR) is 110 cm³/mol. The van der Waals surface area contributed by atoms with E-state index in [1.807, 2.05) is 35.2 Å². The molecule has 0 unspecified atom stereocenters. The van der Waals surface area contributed by atoms with Crippen molar-refractivity contribution in [2.45, 2.75) is 19.9 Å². The lowest BCUT2D eigenvalue weighted by atomic mass is 10.0. The van der Waals surface area contributed by atoms with E-state index in [9.17, 15) is 9.90 Å². The Morgan fingerprint density at radius 2 is 2.07 bits per heavy atom. The summed E-state index contributed by atoms with van der Waals surface area (Å²) in [5, 5.41) is 25.9. The number of carbonyl (C=O) groups is 1. The zero-order valence-electron chi connectivity index (χ0n) is 15.9. The van der Waals surface area contributed by atoms with Gasteiger partial charge in [-0.05, 0) is 46.2 Å². The van der Waals surface area contributed by atoms with Crippen molar-refractivity contribution < 1.29 is 9.90 Å². The minimum absolute atomic E-state index is 0.209. The van der Waals surface area contributed by atoms with Crippen LogP contribution in [-0.4, -0.2) is 43.2 Å². The first-order valence-electron chi connectivity index (χ1n) is 9.36. The third-order valence-electron chi connectivity index (χ3n) is 4.75. The Morgan fingerprint density at radius 3 is 2.83 bits per heavy atom. The van der Waals surface area contributed by atoms with E-state index >= 15 is 0 Å². The number of fused-ring (bicyclic) bond motifs is 1. The lowest BCUT2D eigenvalue weighted by Crippen LogP contribution is -2.26. The van der Waals surface area contributed by atoms with E-state index < -0.39 is 5.97 Å². The number of nitrogens with one attached hydrogen (secondary N) is 1. The Kier molecular flexibility index (Phi) is 5.15. The van der Waals surface area contributed by atoms with Gasteiger partial charge in [-0.3, -0.25) is 0 Å². The monoisotopic (exact) mass is 388 g/mol. The van der Waals surface area contributed by atoms with Gasteiger partial charge in [0.25, 0.3) is 0 Å². The molecule has 2 N–H and O–H groups in total. The number of nitrogens with zero attached hydrogens (tertiary/aromatic N) is 5. The molecule has 2 aromatic carbocycles. The number of tetrazole rings is 1. The molecular formula is C21H20N6O2. The molecule has 0 fully saturated rings. The molecule has 2 heterocycles. The summed E-state index contributed by atoms with van der Waals surface area (Å²) in [5.41, 5.74) is 2.19. The van der Waals surface area contributed by atoms with Crippen LogP contribution in [0.5, 0.6) is 0 Å². The molecule has 8 heteroatoms. The maximum Gasteiger partial charge on any atom is 0.339 e. The minimum atomic E-state index is -0.975. The van der Waals surface area contributed by atoms with Crippen molar-refractivity contribution in [3.63, 3.8) is 0 Å². The third-order valence-corrected chi connectivity index (χ3v) is 4.75. The number of hydrogen-bond acceptors (Lipinski definition) is 6. The van der Waals surface area contributed by atoms with Gasteiger partial charge in [0, 0.05) is 24.8 Å². The van der Waals surface area contributed by atoms with Gasteiger partial charge in [0.15, 0.2) is 0 Å². The summed E-state index contributed by atoms with van der Waals surface area (Å²) >= 11 is 0. The molecule has 8 nitrogen and oxygen atoms in total. The minimum Gasteiger partial charge on any atom is -0.478 e. The number of aromatic amines is 1. The highest BCUT2D eigenvalue weighted by Crippen LogP contribution is 2.27. The summed E-state index contributed by atoms with van der Waals surface area (Å²) in [4.78, 5) is 18.0. The first kappa shape index (κ1) is 18.5. The molecule has 0 radical (unpaired) electrons. The van der Waals surface area contributed by atoms with Crippen LogP contribution < -0.4 is 4.90 Å². The maximum absolute atomic E-state index is 11.7. The Bertz CT molecular complexity index is 1140. The second-order valence-corrected chi connectivity index (χ2v) is 6.69. The fraction of sp³-hybridized carbons (Fsp3) is 0.190. The highest BCUT2D eigenvalue weighted by molar-refractivity contribution is 5.93. The second-order valence-electron chi connectivity index (χ2n) is 6.69. The van der Waals surface area contributed by atoms with Crippen LogP contribution in [0.1, 0.15) is 29.3 Å². The van der Waals surface area contributed by atoms with Crippen LogP contribution in [0.3, 0.4) is 0 Å². The van der Waals surface area contributed by atoms with Gasteiger partial charge in [-0.15, -0.1) is 10.2 Å². The molecule has 0 saturated heterocycles. The summed E-state index contributed by atoms with van der Waals surface area (Å²) < 4.78 is 0. The number of carboxylic acid groups (broad SMARTS) is 1. The molecule has 4 aromatic rings. The summed E-state index contributed by atoms with van der Waals surface area (Å²) in [6.07, 6.45) is 2.51. The number of pyridine rings is 1. The van der Waals surface area contributed by atoms with Crippen molar-refractivity contribution in [2.24, 2.45) is 0 Å². The first-order valence-corrected chi connectivity index (χ1v) is 9.36. The van der Waals surface area contributed by atoms with Gasteiger partial charge in [-0.2, -0.15) is 5.21 Å². The number of carboxylic acids is 1. The van der Waals surface area contributed by atoms with Crippen molar-refractivity contribution in [1.29, 1.82) is 0 Å². The van der Waals surface area contributed by atoms with Crippen LogP contribution in [0, 0.1) is 0 Å². The number of aromatic carboxylic acids is 1. The van der Waals surface area contributed by atoms with Gasteiger partial charge in [-0.1, -0.05) is 37.3 Å². The Morgan fingerprint density at radius 1 is 1.17 bits per heavy atom. The molecule has 0 aliphatic rings. The number of H-pyrrole nitrogens is 1. The Hall–Kier alpha value is -3.81. The van der Waals surface area contributed by atoms with E-state index in [-0.39, 0.29) is 5.56 Å². The molecule has 146 valence electrons. The van der Waals surface area contributed by atoms with Crippen molar-refractivity contribution in [2.75, 3.05) is 11.4 Å². The number of aromatic nitrogens is 5. The number of anilines is 1. The highest BCUT2D eigenvalue weighted by Gasteiger charge is 2.18. The van der Waals surface area contributed by atoms with Crippen LogP contribution >= 0.6 is 0 Å². The molecule has 0 bridgehead atoms. The predicted octanol–water partition coefficient (Wildman–Crippen LogP) is 3.53. The van der Waals surface area contributed by atoms with Crippen molar-refractivity contribution in [3.05, 3.63) is 65.9 Å². The molecule has 29 heavy (non-hydrogen) atoms. The smallest absolute Gasteiger partial charge is 0.339 e. The summed E-state index contributed by atoms with van der Waals surface area (Å²) in [6.45, 7) is 3.33. The zero-order chi connectivity index (χ0) is 20.2. The number of hydrogen-bond donors (Lipinski definition) is 2. The Labute approximate surface area is 167 Å². The van der Waals surface area contributed by atoms with Crippen molar-refractivity contribution in [1.82, 2.24) is 25.6 Å². The molecule has 0 amide bonds. The van der Waals surface area contributed by atoms with E-state index in [2.05, 4.69) is 38.6 Å². The Balaban J connectivity index is 1.73. The summed E-state index contributed by atoms with van der Waals surface area (Å²) in [5.74, 6) is 0.0589. The lowest BCUT2D eigenvalue weighted by Gasteiger charge is -2.25. The van der Waals surface area contributed by atoms with Gasteiger partial charge >= 0.3 is 5.97 Å². The van der Waals surface area contributed by atoms with E-state index in [1.165, 1.54) is 0 Å². The molecular weight excluding hydrogens is 368 g/mol. The molecule has 0 aliphatic heterocycles. The van der Waals surface area contributed by atoms with Gasteiger partial charge in [0.2, 0.25) is 5.82 Å². The van der Waals surface area contributed by atoms with Crippen LogP contribution in [0.15, 0.2) is 54.7 Å². The molecule has 2 aromatic heterocycles. The van der Waals surface area contributed by atoms with Crippen molar-refractivity contribution in [3.8, 4) is 11.4 Å². The quantitative estimate of drug-likeness (QED) is 0.498. The molecule has 0 spiro atoms. The van der Waals surface area contributed by atoms with Gasteiger partial charge in [0.1, 0.15) is 11.4 Å². The van der Waals surface area contributed by atoms with Crippen LogP contribution in [0.25, 0.3) is 22.2 Å².